The number of carbonyl (C=O) groups is 2. The molecule has 1 saturated heterocycles. The van der Waals surface area contributed by atoms with Gasteiger partial charge in [0.05, 0.1) is 19.2 Å². The van der Waals surface area contributed by atoms with E-state index in [1.54, 1.807) is 7.11 Å². The van der Waals surface area contributed by atoms with E-state index in [0.717, 1.165) is 35.2 Å². The minimum atomic E-state index is -0.399. The number of nitrogens with zero attached hydrogens (tertiary/aromatic N) is 2. The van der Waals surface area contributed by atoms with E-state index < -0.39 is 6.04 Å². The van der Waals surface area contributed by atoms with Crippen molar-refractivity contribution in [3.63, 3.8) is 0 Å². The molecule has 2 aliphatic heterocycles. The summed E-state index contributed by atoms with van der Waals surface area (Å²) in [6.07, 6.45) is 1.35. The van der Waals surface area contributed by atoms with Crippen LogP contribution < -0.4 is 26.4 Å². The Morgan fingerprint density at radius 2 is 1.85 bits per heavy atom. The maximum Gasteiger partial charge on any atom is 0.251 e. The van der Waals surface area contributed by atoms with E-state index in [4.69, 9.17) is 16.2 Å². The summed E-state index contributed by atoms with van der Waals surface area (Å²) in [7, 11) is 3.72. The fourth-order valence-corrected chi connectivity index (χ4v) is 6.26. The number of hydrogen-bond donors (Lipinski definition) is 3. The molecule has 5 N–H and O–H groups in total. The molecule has 0 saturated carbocycles. The van der Waals surface area contributed by atoms with Gasteiger partial charge < -0.3 is 26.4 Å². The second-order valence-electron chi connectivity index (χ2n) is 11.7. The third-order valence-corrected chi connectivity index (χ3v) is 8.33. The normalized spacial score (nSPS) is 20.6. The summed E-state index contributed by atoms with van der Waals surface area (Å²) >= 11 is 0. The van der Waals surface area contributed by atoms with E-state index in [9.17, 15) is 9.59 Å². The van der Waals surface area contributed by atoms with E-state index in [0.29, 0.717) is 30.8 Å². The number of carbonyl (C=O) groups excluding carboxylic acids is 2. The summed E-state index contributed by atoms with van der Waals surface area (Å²) < 4.78 is 5.95. The molecule has 1 fully saturated rings. The Morgan fingerprint density at radius 1 is 1.07 bits per heavy atom. The second-order valence-corrected chi connectivity index (χ2v) is 11.7. The maximum atomic E-state index is 13.6. The van der Waals surface area contributed by atoms with Gasteiger partial charge in [-0.2, -0.15) is 0 Å². The molecule has 3 atom stereocenters. The van der Waals surface area contributed by atoms with Crippen molar-refractivity contribution in [3.8, 4) is 16.9 Å². The highest BCUT2D eigenvalue weighted by Gasteiger charge is 2.34. The van der Waals surface area contributed by atoms with Gasteiger partial charge in [-0.05, 0) is 53.6 Å². The largest absolute Gasteiger partial charge is 0.496 e. The number of primary amides is 1. The van der Waals surface area contributed by atoms with Crippen LogP contribution in [-0.4, -0.2) is 62.1 Å². The Bertz CT molecular complexity index is 1440. The number of likely N-dealkylation sites (tertiary alicyclic amines) is 1. The van der Waals surface area contributed by atoms with E-state index >= 15 is 0 Å². The van der Waals surface area contributed by atoms with E-state index in [-0.39, 0.29) is 29.8 Å². The van der Waals surface area contributed by atoms with Gasteiger partial charge in [-0.3, -0.25) is 14.5 Å². The molecule has 3 aromatic carbocycles. The Labute approximate surface area is 242 Å². The van der Waals surface area contributed by atoms with Crippen molar-refractivity contribution in [2.24, 2.45) is 11.5 Å². The molecule has 2 heterocycles. The fourth-order valence-electron chi connectivity index (χ4n) is 6.26. The lowest BCUT2D eigenvalue weighted by Crippen LogP contribution is -2.47. The molecule has 41 heavy (non-hydrogen) atoms. The lowest BCUT2D eigenvalue weighted by atomic mass is 9.92. The molecule has 0 radical (unpaired) electrons. The number of ether oxygens (including phenoxy) is 1. The predicted molar refractivity (Wildman–Crippen MR) is 163 cm³/mol. The number of fused-ring (bicyclic) bond motifs is 1. The molecule has 3 aromatic rings. The monoisotopic (exact) mass is 555 g/mol. The number of rotatable bonds is 8. The van der Waals surface area contributed by atoms with E-state index in [1.165, 1.54) is 11.3 Å². The van der Waals surface area contributed by atoms with Gasteiger partial charge in [0.15, 0.2) is 0 Å². The fraction of sp³-hybridized carbons (Fsp3) is 0.394. The van der Waals surface area contributed by atoms with Crippen LogP contribution in [0.25, 0.3) is 11.1 Å². The Balaban J connectivity index is 1.44. The van der Waals surface area contributed by atoms with Gasteiger partial charge in [0, 0.05) is 55.1 Å². The quantitative estimate of drug-likeness (QED) is 0.391. The van der Waals surface area contributed by atoms with Crippen molar-refractivity contribution in [2.45, 2.75) is 57.3 Å². The molecule has 0 aliphatic carbocycles. The maximum absolute atomic E-state index is 13.6. The summed E-state index contributed by atoms with van der Waals surface area (Å²) in [5, 5.41) is 3.28. The number of para-hydroxylation sites is 2. The SMILES string of the molecule is COc1c(CN2C[C@@H](N)C[C@H]2C(N)=O)cccc1-c1cc(C(=O)N[C@H]2Cc3ccccc3N(C)C2)cc(C(C)C)c1. The molecule has 8 nitrogen and oxygen atoms in total. The Hall–Kier alpha value is -3.88. The highest BCUT2D eigenvalue weighted by Crippen LogP contribution is 2.37. The third kappa shape index (κ3) is 6.09. The average molecular weight is 556 g/mol. The summed E-state index contributed by atoms with van der Waals surface area (Å²) in [5.41, 5.74) is 18.7. The first-order chi connectivity index (χ1) is 19.6. The summed E-state index contributed by atoms with van der Waals surface area (Å²) in [4.78, 5) is 29.9. The van der Waals surface area contributed by atoms with Gasteiger partial charge in [-0.25, -0.2) is 0 Å². The molecule has 0 spiro atoms. The van der Waals surface area contributed by atoms with Crippen LogP contribution in [0.4, 0.5) is 5.69 Å². The highest BCUT2D eigenvalue weighted by atomic mass is 16.5. The number of likely N-dealkylation sites (N-methyl/N-ethyl adjacent to an activating group) is 1. The van der Waals surface area contributed by atoms with Gasteiger partial charge in [0.2, 0.25) is 5.91 Å². The molecule has 0 aromatic heterocycles. The zero-order chi connectivity index (χ0) is 29.3. The molecule has 2 aliphatic rings. The second kappa shape index (κ2) is 11.9. The van der Waals surface area contributed by atoms with Crippen LogP contribution in [0.15, 0.2) is 60.7 Å². The van der Waals surface area contributed by atoms with Crippen molar-refractivity contribution >= 4 is 17.5 Å². The lowest BCUT2D eigenvalue weighted by molar-refractivity contribution is -0.122. The summed E-state index contributed by atoms with van der Waals surface area (Å²) in [6, 6.07) is 19.9. The van der Waals surface area contributed by atoms with Crippen molar-refractivity contribution < 1.29 is 14.3 Å². The third-order valence-electron chi connectivity index (χ3n) is 8.33. The van der Waals surface area contributed by atoms with Gasteiger partial charge in [-0.1, -0.05) is 56.3 Å². The number of benzene rings is 3. The van der Waals surface area contributed by atoms with Crippen LogP contribution in [0.3, 0.4) is 0 Å². The van der Waals surface area contributed by atoms with Gasteiger partial charge in [0.25, 0.3) is 5.91 Å². The minimum Gasteiger partial charge on any atom is -0.496 e. The van der Waals surface area contributed by atoms with Crippen LogP contribution in [-0.2, 0) is 17.8 Å². The summed E-state index contributed by atoms with van der Waals surface area (Å²) in [6.45, 7) is 6.09. The lowest BCUT2D eigenvalue weighted by Gasteiger charge is -2.33. The minimum absolute atomic E-state index is 0.0106. The summed E-state index contributed by atoms with van der Waals surface area (Å²) in [5.74, 6) is 0.498. The highest BCUT2D eigenvalue weighted by molar-refractivity contribution is 5.96. The van der Waals surface area contributed by atoms with E-state index in [1.807, 2.05) is 47.4 Å². The van der Waals surface area contributed by atoms with Crippen LogP contribution in [0.2, 0.25) is 0 Å². The smallest absolute Gasteiger partial charge is 0.251 e. The Kier molecular flexibility index (Phi) is 8.33. The Morgan fingerprint density at radius 3 is 2.59 bits per heavy atom. The molecule has 8 heteroatoms. The number of amides is 2. The first kappa shape index (κ1) is 28.6. The van der Waals surface area contributed by atoms with Crippen LogP contribution in [0, 0.1) is 0 Å². The van der Waals surface area contributed by atoms with Crippen molar-refractivity contribution in [2.75, 3.05) is 32.1 Å². The van der Waals surface area contributed by atoms with Crippen molar-refractivity contribution in [1.82, 2.24) is 10.2 Å². The van der Waals surface area contributed by atoms with Crippen LogP contribution in [0.5, 0.6) is 5.75 Å². The van der Waals surface area contributed by atoms with Crippen LogP contribution in [0.1, 0.15) is 53.2 Å². The van der Waals surface area contributed by atoms with Crippen molar-refractivity contribution in [3.05, 3.63) is 82.9 Å². The van der Waals surface area contributed by atoms with Crippen molar-refractivity contribution in [1.29, 1.82) is 0 Å². The first-order valence-corrected chi connectivity index (χ1v) is 14.3. The van der Waals surface area contributed by atoms with Gasteiger partial charge in [-0.15, -0.1) is 0 Å². The van der Waals surface area contributed by atoms with E-state index in [2.05, 4.69) is 49.3 Å². The topological polar surface area (TPSA) is 114 Å². The number of nitrogens with one attached hydrogen (secondary N) is 1. The standard InChI is InChI=1S/C33H41N5O3/c1-20(2)23-12-24(14-25(13-23)33(40)36-27-15-21-8-5-6-11-29(21)37(3)19-27)28-10-7-9-22(31(28)41-4)17-38-18-26(34)16-30(38)32(35)39/h5-14,20,26-27,30H,15-19,34H2,1-4H3,(H2,35,39)(H,36,40)/t26-,27-,30-/m0/s1. The molecule has 0 unspecified atom stereocenters. The number of anilines is 1. The van der Waals surface area contributed by atoms with Crippen LogP contribution >= 0.6 is 0 Å². The number of nitrogens with two attached hydrogens (primary N) is 2. The van der Waals surface area contributed by atoms with Gasteiger partial charge in [0.1, 0.15) is 5.75 Å². The average Bonchev–Trinajstić information content (AvgIpc) is 3.32. The molecule has 216 valence electrons. The molecule has 5 rings (SSSR count). The number of methoxy groups -OCH3 is 1. The molecular weight excluding hydrogens is 514 g/mol. The first-order valence-electron chi connectivity index (χ1n) is 14.3. The number of hydrogen-bond acceptors (Lipinski definition) is 6. The zero-order valence-electron chi connectivity index (χ0n) is 24.4. The molecule has 0 bridgehead atoms. The predicted octanol–water partition coefficient (Wildman–Crippen LogP) is 3.66. The zero-order valence-corrected chi connectivity index (χ0v) is 24.4. The molecular formula is C33H41N5O3. The van der Waals surface area contributed by atoms with Gasteiger partial charge >= 0.3 is 0 Å². The molecule has 2 amide bonds.